The van der Waals surface area contributed by atoms with Gasteiger partial charge in [0.15, 0.2) is 0 Å². The molecule has 0 N–H and O–H groups in total. The van der Waals surface area contributed by atoms with E-state index in [1.165, 1.54) is 11.3 Å². The maximum absolute atomic E-state index is 13.0. The molecular weight excluding hydrogens is 443 g/mol. The summed E-state index contributed by atoms with van der Waals surface area (Å²) in [6, 6.07) is 10.8. The van der Waals surface area contributed by atoms with Gasteiger partial charge in [0.2, 0.25) is 0 Å². The number of hydrogen-bond donors (Lipinski definition) is 0. The van der Waals surface area contributed by atoms with E-state index in [1.807, 2.05) is 36.1 Å². The lowest BCUT2D eigenvalue weighted by molar-refractivity contribution is 0.0750. The fraction of sp³-hybridized carbons (Fsp3) is 0.286. The second kappa shape index (κ2) is 9.20. The van der Waals surface area contributed by atoms with Crippen LogP contribution in [-0.2, 0) is 6.61 Å². The number of halogens is 2. The Kier molecular flexibility index (Phi) is 6.41. The third-order valence-corrected chi connectivity index (χ3v) is 6.48. The smallest absolute Gasteiger partial charge is 0.265 e. The molecule has 0 radical (unpaired) electrons. The number of carbonyl (C=O) groups excluding carboxylic acids is 1. The van der Waals surface area contributed by atoms with Gasteiger partial charge in [-0.05, 0) is 43.3 Å². The summed E-state index contributed by atoms with van der Waals surface area (Å²) in [5.74, 6) is 1.49. The van der Waals surface area contributed by atoms with Crippen LogP contribution in [0.3, 0.4) is 0 Å². The van der Waals surface area contributed by atoms with Crippen LogP contribution in [0.4, 0.5) is 5.82 Å². The van der Waals surface area contributed by atoms with Gasteiger partial charge < -0.3 is 14.5 Å². The van der Waals surface area contributed by atoms with Gasteiger partial charge in [0.05, 0.1) is 10.7 Å². The average Bonchev–Trinajstić information content (AvgIpc) is 3.14. The number of hydrogen-bond acceptors (Lipinski definition) is 6. The Hall–Kier alpha value is -2.35. The number of aromatic nitrogens is 2. The van der Waals surface area contributed by atoms with E-state index in [4.69, 9.17) is 27.9 Å². The van der Waals surface area contributed by atoms with E-state index >= 15 is 0 Å². The zero-order valence-corrected chi connectivity index (χ0v) is 18.7. The Morgan fingerprint density at radius 3 is 2.57 bits per heavy atom. The molecule has 1 aliphatic heterocycles. The van der Waals surface area contributed by atoms with Crippen molar-refractivity contribution >= 4 is 46.3 Å². The molecule has 0 unspecified atom stereocenters. The fourth-order valence-electron chi connectivity index (χ4n) is 3.26. The molecule has 1 aliphatic rings. The van der Waals surface area contributed by atoms with Crippen LogP contribution in [0.25, 0.3) is 0 Å². The highest BCUT2D eigenvalue weighted by Crippen LogP contribution is 2.26. The average molecular weight is 463 g/mol. The third-order valence-electron chi connectivity index (χ3n) is 4.82. The number of aryl methyl sites for hydroxylation is 1. The molecule has 3 aromatic rings. The summed E-state index contributed by atoms with van der Waals surface area (Å²) in [5, 5.41) is 2.05. The number of nitrogens with zero attached hydrogens (tertiary/aromatic N) is 4. The minimum atomic E-state index is 0.00881. The van der Waals surface area contributed by atoms with Crippen molar-refractivity contribution in [2.45, 2.75) is 13.5 Å². The lowest BCUT2D eigenvalue weighted by Crippen LogP contribution is -2.49. The van der Waals surface area contributed by atoms with Gasteiger partial charge in [-0.2, -0.15) is 0 Å². The molecule has 9 heteroatoms. The van der Waals surface area contributed by atoms with Crippen molar-refractivity contribution in [1.82, 2.24) is 14.9 Å². The summed E-state index contributed by atoms with van der Waals surface area (Å²) in [6.45, 7) is 4.77. The maximum atomic E-state index is 13.0. The molecule has 0 saturated carbocycles. The molecule has 0 bridgehead atoms. The lowest BCUT2D eigenvalue weighted by Gasteiger charge is -2.35. The summed E-state index contributed by atoms with van der Waals surface area (Å²) in [6.07, 6.45) is 1.73. The van der Waals surface area contributed by atoms with Crippen molar-refractivity contribution in [3.05, 3.63) is 68.2 Å². The minimum absolute atomic E-state index is 0.00881. The first kappa shape index (κ1) is 20.9. The second-order valence-electron chi connectivity index (χ2n) is 6.85. The SMILES string of the molecule is Cc1nc(COc2ccc(Cl)cc2)sc1C(=O)N1CCN(c2ncccc2Cl)CC1. The molecule has 1 amide bonds. The fourth-order valence-corrected chi connectivity index (χ4v) is 4.58. The standard InChI is InChI=1S/C21H20Cl2N4O2S/c1-14-19(30-18(25-14)13-29-16-6-4-15(22)5-7-16)21(28)27-11-9-26(10-12-27)20-17(23)3-2-8-24-20/h2-8H,9-13H2,1H3. The van der Waals surface area contributed by atoms with E-state index in [9.17, 15) is 4.79 Å². The van der Waals surface area contributed by atoms with Gasteiger partial charge in [0.25, 0.3) is 5.91 Å². The normalized spacial score (nSPS) is 14.1. The van der Waals surface area contributed by atoms with Gasteiger partial charge in [0.1, 0.15) is 28.1 Å². The first-order valence-corrected chi connectivity index (χ1v) is 11.1. The molecule has 0 spiro atoms. The van der Waals surface area contributed by atoms with Crippen LogP contribution in [0.5, 0.6) is 5.75 Å². The highest BCUT2D eigenvalue weighted by Gasteiger charge is 2.26. The van der Waals surface area contributed by atoms with Gasteiger partial charge in [-0.25, -0.2) is 9.97 Å². The molecule has 6 nitrogen and oxygen atoms in total. The van der Waals surface area contributed by atoms with Crippen molar-refractivity contribution < 1.29 is 9.53 Å². The summed E-state index contributed by atoms with van der Waals surface area (Å²) in [5.41, 5.74) is 0.731. The third kappa shape index (κ3) is 4.69. The van der Waals surface area contributed by atoms with Crippen molar-refractivity contribution in [3.63, 3.8) is 0 Å². The zero-order valence-electron chi connectivity index (χ0n) is 16.3. The molecule has 30 heavy (non-hydrogen) atoms. The Morgan fingerprint density at radius 2 is 1.87 bits per heavy atom. The van der Waals surface area contributed by atoms with Gasteiger partial charge >= 0.3 is 0 Å². The molecule has 0 aliphatic carbocycles. The number of rotatable bonds is 5. The first-order chi connectivity index (χ1) is 14.5. The molecule has 4 rings (SSSR count). The summed E-state index contributed by atoms with van der Waals surface area (Å²) >= 11 is 13.5. The van der Waals surface area contributed by atoms with Crippen molar-refractivity contribution in [3.8, 4) is 5.75 Å². The minimum Gasteiger partial charge on any atom is -0.486 e. The van der Waals surface area contributed by atoms with E-state index in [-0.39, 0.29) is 5.91 Å². The van der Waals surface area contributed by atoms with Crippen molar-refractivity contribution in [2.75, 3.05) is 31.1 Å². The Bertz CT molecular complexity index is 1030. The Morgan fingerprint density at radius 1 is 1.13 bits per heavy atom. The maximum Gasteiger partial charge on any atom is 0.265 e. The summed E-state index contributed by atoms with van der Waals surface area (Å²) < 4.78 is 5.75. The van der Waals surface area contributed by atoms with E-state index in [2.05, 4.69) is 14.9 Å². The van der Waals surface area contributed by atoms with Gasteiger partial charge in [-0.1, -0.05) is 23.2 Å². The van der Waals surface area contributed by atoms with E-state index in [0.29, 0.717) is 53.5 Å². The monoisotopic (exact) mass is 462 g/mol. The van der Waals surface area contributed by atoms with Crippen molar-refractivity contribution in [1.29, 1.82) is 0 Å². The lowest BCUT2D eigenvalue weighted by atomic mass is 10.2. The van der Waals surface area contributed by atoms with Gasteiger partial charge in [-0.15, -0.1) is 11.3 Å². The number of ether oxygens (including phenoxy) is 1. The van der Waals surface area contributed by atoms with Crippen LogP contribution in [0.15, 0.2) is 42.6 Å². The largest absolute Gasteiger partial charge is 0.486 e. The molecule has 1 fully saturated rings. The number of benzene rings is 1. The van der Waals surface area contributed by atoms with E-state index in [1.54, 1.807) is 18.3 Å². The zero-order chi connectivity index (χ0) is 21.1. The molecule has 3 heterocycles. The molecule has 1 saturated heterocycles. The van der Waals surface area contributed by atoms with E-state index < -0.39 is 0 Å². The van der Waals surface area contributed by atoms with Crippen LogP contribution < -0.4 is 9.64 Å². The summed E-state index contributed by atoms with van der Waals surface area (Å²) in [7, 11) is 0. The van der Waals surface area contributed by atoms with Crippen LogP contribution in [0.2, 0.25) is 10.0 Å². The van der Waals surface area contributed by atoms with Crippen LogP contribution >= 0.6 is 34.5 Å². The highest BCUT2D eigenvalue weighted by atomic mass is 35.5. The summed E-state index contributed by atoms with van der Waals surface area (Å²) in [4.78, 5) is 26.5. The van der Waals surface area contributed by atoms with E-state index in [0.717, 1.165) is 16.5 Å². The molecular formula is C21H20Cl2N4O2S. The number of anilines is 1. The van der Waals surface area contributed by atoms with Gasteiger partial charge in [-0.3, -0.25) is 4.79 Å². The number of pyridine rings is 1. The molecule has 1 aromatic carbocycles. The number of thiazole rings is 1. The number of amides is 1. The topological polar surface area (TPSA) is 58.6 Å². The number of piperazine rings is 1. The Labute approximate surface area is 189 Å². The second-order valence-corrected chi connectivity index (χ2v) is 8.78. The highest BCUT2D eigenvalue weighted by molar-refractivity contribution is 7.13. The Balaban J connectivity index is 1.37. The number of carbonyl (C=O) groups is 1. The first-order valence-electron chi connectivity index (χ1n) is 9.50. The van der Waals surface area contributed by atoms with Crippen LogP contribution in [-0.4, -0.2) is 47.0 Å². The van der Waals surface area contributed by atoms with Crippen LogP contribution in [0.1, 0.15) is 20.4 Å². The predicted molar refractivity (Wildman–Crippen MR) is 120 cm³/mol. The predicted octanol–water partition coefficient (Wildman–Crippen LogP) is 4.69. The molecule has 2 aromatic heterocycles. The van der Waals surface area contributed by atoms with Crippen LogP contribution in [0, 0.1) is 6.92 Å². The molecule has 0 atom stereocenters. The molecule has 156 valence electrons. The van der Waals surface area contributed by atoms with Gasteiger partial charge in [0, 0.05) is 37.4 Å². The van der Waals surface area contributed by atoms with Crippen molar-refractivity contribution in [2.24, 2.45) is 0 Å². The quantitative estimate of drug-likeness (QED) is 0.549.